The Hall–Kier alpha value is -2.82. The van der Waals surface area contributed by atoms with Gasteiger partial charge in [0.15, 0.2) is 0 Å². The highest BCUT2D eigenvalue weighted by Crippen LogP contribution is 2.20. The summed E-state index contributed by atoms with van der Waals surface area (Å²) in [5.74, 6) is 0.707. The number of nitrogens with zero attached hydrogens (tertiary/aromatic N) is 1. The predicted octanol–water partition coefficient (Wildman–Crippen LogP) is 3.45. The van der Waals surface area contributed by atoms with Gasteiger partial charge in [-0.3, -0.25) is 9.89 Å². The van der Waals surface area contributed by atoms with Gasteiger partial charge in [0.05, 0.1) is 29.9 Å². The molecule has 0 aliphatic rings. The number of H-pyrrole nitrogens is 1. The number of para-hydroxylation sites is 1. The van der Waals surface area contributed by atoms with Crippen LogP contribution in [0.3, 0.4) is 0 Å². The number of hydrogen-bond donors (Lipinski definition) is 2. The Balaban J connectivity index is 1.75. The summed E-state index contributed by atoms with van der Waals surface area (Å²) in [7, 11) is 0. The van der Waals surface area contributed by atoms with Gasteiger partial charge in [-0.1, -0.05) is 24.3 Å². The van der Waals surface area contributed by atoms with Gasteiger partial charge < -0.3 is 10.1 Å². The molecule has 2 N–H and O–H groups in total. The van der Waals surface area contributed by atoms with Crippen molar-refractivity contribution in [3.63, 3.8) is 0 Å². The summed E-state index contributed by atoms with van der Waals surface area (Å²) in [6, 6.07) is 13.2. The summed E-state index contributed by atoms with van der Waals surface area (Å²) in [5, 5.41) is 10.8. The average molecular weight is 309 g/mol. The van der Waals surface area contributed by atoms with Crippen LogP contribution in [-0.2, 0) is 0 Å². The van der Waals surface area contributed by atoms with Crippen LogP contribution in [0.5, 0.6) is 5.75 Å². The van der Waals surface area contributed by atoms with Crippen LogP contribution in [0.25, 0.3) is 10.9 Å². The molecular weight excluding hydrogens is 290 g/mol. The highest BCUT2D eigenvalue weighted by Gasteiger charge is 2.14. The van der Waals surface area contributed by atoms with E-state index in [0.29, 0.717) is 12.2 Å². The Morgan fingerprint density at radius 3 is 2.78 bits per heavy atom. The molecule has 3 aromatic rings. The molecular formula is C18H19N3O2. The first-order chi connectivity index (χ1) is 11.2. The van der Waals surface area contributed by atoms with Gasteiger partial charge in [0.2, 0.25) is 0 Å². The standard InChI is InChI=1S/C18H19N3O2/c1-3-23-15-9-7-13(8-10-15)12(2)20-18(22)16-6-4-5-14-11-19-21-17(14)16/h4-12H,3H2,1-2H3,(H,19,21)(H,20,22). The van der Waals surface area contributed by atoms with Crippen LogP contribution < -0.4 is 10.1 Å². The van der Waals surface area contributed by atoms with Crippen molar-refractivity contribution in [1.82, 2.24) is 15.5 Å². The minimum Gasteiger partial charge on any atom is -0.494 e. The van der Waals surface area contributed by atoms with Gasteiger partial charge in [-0.15, -0.1) is 0 Å². The molecule has 0 aliphatic heterocycles. The van der Waals surface area contributed by atoms with E-state index in [-0.39, 0.29) is 11.9 Å². The molecule has 0 bridgehead atoms. The number of hydrogen-bond acceptors (Lipinski definition) is 3. The van der Waals surface area contributed by atoms with E-state index in [9.17, 15) is 4.79 Å². The molecule has 1 heterocycles. The van der Waals surface area contributed by atoms with Crippen LogP contribution in [-0.4, -0.2) is 22.7 Å². The Morgan fingerprint density at radius 2 is 2.04 bits per heavy atom. The van der Waals surface area contributed by atoms with Gasteiger partial charge in [0.1, 0.15) is 5.75 Å². The van der Waals surface area contributed by atoms with E-state index in [2.05, 4.69) is 15.5 Å². The fourth-order valence-electron chi connectivity index (χ4n) is 2.54. The van der Waals surface area contributed by atoms with E-state index in [4.69, 9.17) is 4.74 Å². The van der Waals surface area contributed by atoms with Crippen LogP contribution in [0.15, 0.2) is 48.7 Å². The molecule has 1 amide bonds. The van der Waals surface area contributed by atoms with Gasteiger partial charge in [0.25, 0.3) is 5.91 Å². The smallest absolute Gasteiger partial charge is 0.253 e. The lowest BCUT2D eigenvalue weighted by Crippen LogP contribution is -2.26. The lowest BCUT2D eigenvalue weighted by Gasteiger charge is -2.15. The van der Waals surface area contributed by atoms with E-state index in [1.807, 2.05) is 50.2 Å². The minimum absolute atomic E-state index is 0.101. The number of benzene rings is 2. The number of rotatable bonds is 5. The third-order valence-electron chi connectivity index (χ3n) is 3.76. The van der Waals surface area contributed by atoms with Crippen molar-refractivity contribution in [1.29, 1.82) is 0 Å². The van der Waals surface area contributed by atoms with Crippen molar-refractivity contribution in [2.24, 2.45) is 0 Å². The molecule has 1 atom stereocenters. The molecule has 5 heteroatoms. The number of aromatic nitrogens is 2. The average Bonchev–Trinajstić information content (AvgIpc) is 3.04. The van der Waals surface area contributed by atoms with E-state index >= 15 is 0 Å². The third-order valence-corrected chi connectivity index (χ3v) is 3.76. The van der Waals surface area contributed by atoms with Crippen LogP contribution in [0.1, 0.15) is 35.8 Å². The van der Waals surface area contributed by atoms with Crippen molar-refractivity contribution in [3.05, 3.63) is 59.8 Å². The Labute approximate surface area is 134 Å². The molecule has 0 fully saturated rings. The molecule has 2 aromatic carbocycles. The molecule has 5 nitrogen and oxygen atoms in total. The highest BCUT2D eigenvalue weighted by atomic mass is 16.5. The van der Waals surface area contributed by atoms with Crippen LogP contribution in [0.2, 0.25) is 0 Å². The topological polar surface area (TPSA) is 67.0 Å². The quantitative estimate of drug-likeness (QED) is 0.758. The Bertz CT molecular complexity index is 809. The minimum atomic E-state index is -0.124. The summed E-state index contributed by atoms with van der Waals surface area (Å²) in [6.07, 6.45) is 1.71. The number of amides is 1. The molecule has 0 radical (unpaired) electrons. The number of carbonyl (C=O) groups is 1. The lowest BCUT2D eigenvalue weighted by molar-refractivity contribution is 0.0941. The molecule has 0 aliphatic carbocycles. The molecule has 118 valence electrons. The predicted molar refractivity (Wildman–Crippen MR) is 89.6 cm³/mol. The van der Waals surface area contributed by atoms with Crippen LogP contribution in [0, 0.1) is 0 Å². The zero-order chi connectivity index (χ0) is 16.2. The number of ether oxygens (including phenoxy) is 1. The van der Waals surface area contributed by atoms with Crippen molar-refractivity contribution >= 4 is 16.8 Å². The summed E-state index contributed by atoms with van der Waals surface area (Å²) >= 11 is 0. The van der Waals surface area contributed by atoms with Gasteiger partial charge in [0, 0.05) is 5.39 Å². The molecule has 0 saturated heterocycles. The maximum atomic E-state index is 12.5. The zero-order valence-corrected chi connectivity index (χ0v) is 13.2. The summed E-state index contributed by atoms with van der Waals surface area (Å²) in [4.78, 5) is 12.5. The monoisotopic (exact) mass is 309 g/mol. The first kappa shape index (κ1) is 15.1. The molecule has 3 rings (SSSR count). The van der Waals surface area contributed by atoms with Gasteiger partial charge in [-0.25, -0.2) is 0 Å². The Morgan fingerprint density at radius 1 is 1.26 bits per heavy atom. The second kappa shape index (κ2) is 6.52. The normalized spacial score (nSPS) is 12.1. The number of aromatic amines is 1. The SMILES string of the molecule is CCOc1ccc(C(C)NC(=O)c2cccc3cn[nH]c23)cc1. The van der Waals surface area contributed by atoms with Gasteiger partial charge in [-0.2, -0.15) is 5.10 Å². The van der Waals surface area contributed by atoms with E-state index < -0.39 is 0 Å². The van der Waals surface area contributed by atoms with Crippen LogP contribution in [0.4, 0.5) is 0 Å². The largest absolute Gasteiger partial charge is 0.494 e. The molecule has 1 unspecified atom stereocenters. The second-order valence-corrected chi connectivity index (χ2v) is 5.34. The number of nitrogens with one attached hydrogen (secondary N) is 2. The van der Waals surface area contributed by atoms with Crippen molar-refractivity contribution in [2.45, 2.75) is 19.9 Å². The van der Waals surface area contributed by atoms with Gasteiger partial charge in [-0.05, 0) is 37.6 Å². The molecule has 0 spiro atoms. The lowest BCUT2D eigenvalue weighted by atomic mass is 10.1. The molecule has 23 heavy (non-hydrogen) atoms. The first-order valence-corrected chi connectivity index (χ1v) is 7.64. The first-order valence-electron chi connectivity index (χ1n) is 7.64. The zero-order valence-electron chi connectivity index (χ0n) is 13.2. The van der Waals surface area contributed by atoms with E-state index in [0.717, 1.165) is 22.2 Å². The summed E-state index contributed by atoms with van der Waals surface area (Å²) in [6.45, 7) is 4.55. The van der Waals surface area contributed by atoms with Crippen molar-refractivity contribution in [3.8, 4) is 5.75 Å². The summed E-state index contributed by atoms with van der Waals surface area (Å²) in [5.41, 5.74) is 2.38. The molecule has 1 aromatic heterocycles. The van der Waals surface area contributed by atoms with Crippen molar-refractivity contribution in [2.75, 3.05) is 6.61 Å². The fraction of sp³-hybridized carbons (Fsp3) is 0.222. The summed E-state index contributed by atoms with van der Waals surface area (Å²) < 4.78 is 5.43. The number of carbonyl (C=O) groups excluding carboxylic acids is 1. The number of fused-ring (bicyclic) bond motifs is 1. The maximum Gasteiger partial charge on any atom is 0.253 e. The second-order valence-electron chi connectivity index (χ2n) is 5.34. The highest BCUT2D eigenvalue weighted by molar-refractivity contribution is 6.05. The Kier molecular flexibility index (Phi) is 4.28. The maximum absolute atomic E-state index is 12.5. The van der Waals surface area contributed by atoms with Crippen molar-refractivity contribution < 1.29 is 9.53 Å². The van der Waals surface area contributed by atoms with E-state index in [1.54, 1.807) is 12.3 Å². The fourth-order valence-corrected chi connectivity index (χ4v) is 2.54. The van der Waals surface area contributed by atoms with Gasteiger partial charge >= 0.3 is 0 Å². The third kappa shape index (κ3) is 3.18. The van der Waals surface area contributed by atoms with Crippen LogP contribution >= 0.6 is 0 Å². The van der Waals surface area contributed by atoms with E-state index in [1.165, 1.54) is 0 Å². The molecule has 0 saturated carbocycles.